The van der Waals surface area contributed by atoms with E-state index in [4.69, 9.17) is 4.74 Å². The minimum absolute atomic E-state index is 0.153. The van der Waals surface area contributed by atoms with E-state index in [9.17, 15) is 23.4 Å². The number of nitrogens with one attached hydrogen (secondary N) is 1. The Labute approximate surface area is 101 Å². The molecule has 7 heteroatoms. The van der Waals surface area contributed by atoms with Gasteiger partial charge in [-0.1, -0.05) is 0 Å². The molecule has 1 aliphatic heterocycles. The number of morpholine rings is 1. The molecular formula is C11H12F3NO3. The van der Waals surface area contributed by atoms with Gasteiger partial charge in [0, 0.05) is 18.7 Å². The van der Waals surface area contributed by atoms with Crippen LogP contribution in [0.4, 0.5) is 13.2 Å². The molecule has 0 aromatic heterocycles. The molecule has 1 saturated heterocycles. The van der Waals surface area contributed by atoms with Crippen LogP contribution in [0.3, 0.4) is 0 Å². The van der Waals surface area contributed by atoms with Crippen molar-refractivity contribution in [1.82, 2.24) is 5.32 Å². The van der Waals surface area contributed by atoms with Crippen LogP contribution in [-0.4, -0.2) is 29.9 Å². The Morgan fingerprint density at radius 1 is 1.28 bits per heavy atom. The van der Waals surface area contributed by atoms with Gasteiger partial charge in [-0.25, -0.2) is 0 Å². The van der Waals surface area contributed by atoms with Crippen LogP contribution < -0.4 is 5.32 Å². The van der Waals surface area contributed by atoms with Crippen molar-refractivity contribution in [3.63, 3.8) is 0 Å². The Morgan fingerprint density at radius 2 is 2.00 bits per heavy atom. The molecule has 0 bridgehead atoms. The SMILES string of the molecule is Oc1ccc(C(F)(F)F)c(C2CNCCO2)c1O. The fourth-order valence-corrected chi connectivity index (χ4v) is 1.92. The quantitative estimate of drug-likeness (QED) is 0.676. The average molecular weight is 263 g/mol. The number of aromatic hydroxyl groups is 2. The molecule has 1 aromatic rings. The van der Waals surface area contributed by atoms with E-state index in [1.165, 1.54) is 0 Å². The second kappa shape index (κ2) is 4.66. The first-order chi connectivity index (χ1) is 8.41. The van der Waals surface area contributed by atoms with E-state index in [2.05, 4.69) is 5.32 Å². The van der Waals surface area contributed by atoms with Crippen molar-refractivity contribution >= 4 is 0 Å². The van der Waals surface area contributed by atoms with Crippen LogP contribution in [0, 0.1) is 0 Å². The number of ether oxygens (including phenoxy) is 1. The van der Waals surface area contributed by atoms with Crippen molar-refractivity contribution in [2.45, 2.75) is 12.3 Å². The first-order valence-corrected chi connectivity index (χ1v) is 5.35. The number of alkyl halides is 3. The number of halogens is 3. The molecular weight excluding hydrogens is 251 g/mol. The fourth-order valence-electron chi connectivity index (χ4n) is 1.92. The van der Waals surface area contributed by atoms with Gasteiger partial charge in [0.15, 0.2) is 11.5 Å². The monoisotopic (exact) mass is 263 g/mol. The highest BCUT2D eigenvalue weighted by molar-refractivity contribution is 5.51. The Morgan fingerprint density at radius 3 is 2.56 bits per heavy atom. The maximum absolute atomic E-state index is 12.8. The smallest absolute Gasteiger partial charge is 0.416 e. The molecule has 1 aromatic carbocycles. The van der Waals surface area contributed by atoms with Crippen molar-refractivity contribution in [1.29, 1.82) is 0 Å². The molecule has 100 valence electrons. The van der Waals surface area contributed by atoms with Gasteiger partial charge in [0.2, 0.25) is 0 Å². The summed E-state index contributed by atoms with van der Waals surface area (Å²) in [6.07, 6.45) is -5.54. The van der Waals surface area contributed by atoms with Crippen LogP contribution in [-0.2, 0) is 10.9 Å². The van der Waals surface area contributed by atoms with Crippen molar-refractivity contribution < 1.29 is 28.1 Å². The van der Waals surface area contributed by atoms with Crippen molar-refractivity contribution in [2.24, 2.45) is 0 Å². The largest absolute Gasteiger partial charge is 0.504 e. The maximum Gasteiger partial charge on any atom is 0.416 e. The van der Waals surface area contributed by atoms with Crippen LogP contribution >= 0.6 is 0 Å². The van der Waals surface area contributed by atoms with E-state index >= 15 is 0 Å². The second-order valence-corrected chi connectivity index (χ2v) is 3.96. The second-order valence-electron chi connectivity index (χ2n) is 3.96. The summed E-state index contributed by atoms with van der Waals surface area (Å²) in [6.45, 7) is 0.939. The lowest BCUT2D eigenvalue weighted by Crippen LogP contribution is -2.34. The highest BCUT2D eigenvalue weighted by atomic mass is 19.4. The van der Waals surface area contributed by atoms with Crippen LogP contribution in [0.2, 0.25) is 0 Å². The van der Waals surface area contributed by atoms with Gasteiger partial charge < -0.3 is 20.3 Å². The highest BCUT2D eigenvalue weighted by Gasteiger charge is 2.38. The Balaban J connectivity index is 2.50. The maximum atomic E-state index is 12.8. The number of phenolic OH excluding ortho intramolecular Hbond substituents is 2. The summed E-state index contributed by atoms with van der Waals surface area (Å²) >= 11 is 0. The normalized spacial score (nSPS) is 20.9. The van der Waals surface area contributed by atoms with Gasteiger partial charge >= 0.3 is 6.18 Å². The molecule has 2 rings (SSSR count). The summed E-state index contributed by atoms with van der Waals surface area (Å²) in [5.41, 5.74) is -1.42. The van der Waals surface area contributed by atoms with Crippen LogP contribution in [0.1, 0.15) is 17.2 Å². The van der Waals surface area contributed by atoms with Crippen molar-refractivity contribution in [2.75, 3.05) is 19.7 Å². The van der Waals surface area contributed by atoms with Gasteiger partial charge in [-0.2, -0.15) is 13.2 Å². The first-order valence-electron chi connectivity index (χ1n) is 5.35. The lowest BCUT2D eigenvalue weighted by Gasteiger charge is -2.27. The number of benzene rings is 1. The third-order valence-corrected chi connectivity index (χ3v) is 2.75. The molecule has 1 fully saturated rings. The first kappa shape index (κ1) is 13.0. The molecule has 1 unspecified atom stereocenters. The van der Waals surface area contributed by atoms with E-state index in [-0.39, 0.29) is 13.2 Å². The molecule has 0 aliphatic carbocycles. The van der Waals surface area contributed by atoms with Gasteiger partial charge in [-0.05, 0) is 12.1 Å². The van der Waals surface area contributed by atoms with Crippen molar-refractivity contribution in [3.8, 4) is 11.5 Å². The minimum Gasteiger partial charge on any atom is -0.504 e. The topological polar surface area (TPSA) is 61.7 Å². The minimum atomic E-state index is -4.61. The van der Waals surface area contributed by atoms with Crippen LogP contribution in [0.25, 0.3) is 0 Å². The zero-order chi connectivity index (χ0) is 13.3. The number of hydrogen-bond donors (Lipinski definition) is 3. The van der Waals surface area contributed by atoms with E-state index in [0.717, 1.165) is 12.1 Å². The lowest BCUT2D eigenvalue weighted by atomic mass is 9.99. The zero-order valence-electron chi connectivity index (χ0n) is 9.29. The Hall–Kier alpha value is -1.47. The summed E-state index contributed by atoms with van der Waals surface area (Å²) in [5, 5.41) is 21.8. The van der Waals surface area contributed by atoms with Gasteiger partial charge in [0.05, 0.1) is 18.3 Å². The number of phenols is 2. The predicted molar refractivity (Wildman–Crippen MR) is 56.3 cm³/mol. The molecule has 1 atom stereocenters. The van der Waals surface area contributed by atoms with E-state index in [1.807, 2.05) is 0 Å². The summed E-state index contributed by atoms with van der Waals surface area (Å²) < 4.78 is 43.7. The van der Waals surface area contributed by atoms with E-state index in [0.29, 0.717) is 6.54 Å². The standard InChI is InChI=1S/C11H12F3NO3/c12-11(13,14)6-1-2-7(16)10(17)9(6)8-5-15-3-4-18-8/h1-2,8,15-17H,3-5H2. The summed E-state index contributed by atoms with van der Waals surface area (Å²) in [4.78, 5) is 0. The lowest BCUT2D eigenvalue weighted by molar-refractivity contribution is -0.140. The molecule has 0 amide bonds. The fraction of sp³-hybridized carbons (Fsp3) is 0.455. The summed E-state index contributed by atoms with van der Waals surface area (Å²) in [6, 6.07) is 1.56. The molecule has 1 heterocycles. The molecule has 4 nitrogen and oxygen atoms in total. The molecule has 18 heavy (non-hydrogen) atoms. The molecule has 0 saturated carbocycles. The van der Waals surface area contributed by atoms with Gasteiger partial charge in [-0.15, -0.1) is 0 Å². The van der Waals surface area contributed by atoms with Gasteiger partial charge in [0.1, 0.15) is 0 Å². The van der Waals surface area contributed by atoms with Crippen LogP contribution in [0.5, 0.6) is 11.5 Å². The van der Waals surface area contributed by atoms with Crippen molar-refractivity contribution in [3.05, 3.63) is 23.3 Å². The number of hydrogen-bond acceptors (Lipinski definition) is 4. The number of rotatable bonds is 1. The zero-order valence-corrected chi connectivity index (χ0v) is 9.29. The third kappa shape index (κ3) is 2.37. The molecule has 1 aliphatic rings. The van der Waals surface area contributed by atoms with Gasteiger partial charge in [0.25, 0.3) is 0 Å². The average Bonchev–Trinajstić information content (AvgIpc) is 2.32. The highest BCUT2D eigenvalue weighted by Crippen LogP contribution is 2.43. The molecule has 3 N–H and O–H groups in total. The Kier molecular flexibility index (Phi) is 3.36. The predicted octanol–water partition coefficient (Wildman–Crippen LogP) is 1.78. The summed E-state index contributed by atoms with van der Waals surface area (Å²) in [5.74, 6) is -1.37. The summed E-state index contributed by atoms with van der Waals surface area (Å²) in [7, 11) is 0. The Bertz CT molecular complexity index is 442. The van der Waals surface area contributed by atoms with E-state index < -0.39 is 34.9 Å². The van der Waals surface area contributed by atoms with E-state index in [1.54, 1.807) is 0 Å². The molecule has 0 spiro atoms. The third-order valence-electron chi connectivity index (χ3n) is 2.75. The van der Waals surface area contributed by atoms with Crippen LogP contribution in [0.15, 0.2) is 12.1 Å². The van der Waals surface area contributed by atoms with Gasteiger partial charge in [-0.3, -0.25) is 0 Å². The molecule has 0 radical (unpaired) electrons.